The monoisotopic (exact) mass is 578 g/mol. The van der Waals surface area contributed by atoms with Crippen molar-refractivity contribution in [1.82, 2.24) is 30.8 Å². The number of nitrogens with zero attached hydrogens (tertiary/aromatic N) is 2. The predicted octanol–water partition coefficient (Wildman–Crippen LogP) is 3.66. The van der Waals surface area contributed by atoms with Gasteiger partial charge < -0.3 is 20.9 Å². The van der Waals surface area contributed by atoms with E-state index in [0.29, 0.717) is 22.3 Å². The van der Waals surface area contributed by atoms with Crippen molar-refractivity contribution in [2.24, 2.45) is 0 Å². The summed E-state index contributed by atoms with van der Waals surface area (Å²) in [6.07, 6.45) is 4.40. The molecule has 12 heteroatoms. The maximum Gasteiger partial charge on any atom is 0.280 e. The summed E-state index contributed by atoms with van der Waals surface area (Å²) in [5, 5.41) is 11.1. The van der Waals surface area contributed by atoms with Gasteiger partial charge in [-0.1, -0.05) is 24.4 Å². The first-order valence-corrected chi connectivity index (χ1v) is 13.9. The fourth-order valence-electron chi connectivity index (χ4n) is 5.10. The Balaban J connectivity index is 0.00000336. The number of carbonyl (C=O) groups excluding carboxylic acids is 3. The molecule has 38 heavy (non-hydrogen) atoms. The highest BCUT2D eigenvalue weighted by atomic mass is 35.5. The fraction of sp³-hybridized carbons (Fsp3) is 0.462. The molecule has 1 fully saturated rings. The Hall–Kier alpha value is -2.66. The summed E-state index contributed by atoms with van der Waals surface area (Å²) < 4.78 is 0. The number of fused-ring (bicyclic) bond motifs is 2. The summed E-state index contributed by atoms with van der Waals surface area (Å²) >= 11 is 7.51. The van der Waals surface area contributed by atoms with Gasteiger partial charge in [-0.2, -0.15) is 0 Å². The van der Waals surface area contributed by atoms with E-state index in [0.717, 1.165) is 73.2 Å². The summed E-state index contributed by atoms with van der Waals surface area (Å²) in [4.78, 5) is 48.4. The molecular formula is C26H32Cl2N6O3S. The summed E-state index contributed by atoms with van der Waals surface area (Å²) in [5.41, 5.74) is 2.31. The minimum absolute atomic E-state index is 0. The van der Waals surface area contributed by atoms with E-state index < -0.39 is 0 Å². The van der Waals surface area contributed by atoms with Gasteiger partial charge in [0.15, 0.2) is 5.01 Å². The van der Waals surface area contributed by atoms with Crippen LogP contribution in [-0.4, -0.2) is 64.3 Å². The highest BCUT2D eigenvalue weighted by Crippen LogP contribution is 2.26. The van der Waals surface area contributed by atoms with Crippen molar-refractivity contribution in [1.29, 1.82) is 0 Å². The van der Waals surface area contributed by atoms with Crippen LogP contribution in [-0.2, 0) is 17.8 Å². The van der Waals surface area contributed by atoms with E-state index in [-0.39, 0.29) is 42.2 Å². The smallest absolute Gasteiger partial charge is 0.280 e. The Kier molecular flexibility index (Phi) is 9.30. The van der Waals surface area contributed by atoms with Gasteiger partial charge in [0.1, 0.15) is 5.69 Å². The van der Waals surface area contributed by atoms with Gasteiger partial charge in [-0.3, -0.25) is 19.3 Å². The molecule has 0 saturated heterocycles. The Morgan fingerprint density at radius 1 is 1.13 bits per heavy atom. The van der Waals surface area contributed by atoms with Crippen LogP contribution in [0.25, 0.3) is 10.9 Å². The average molecular weight is 580 g/mol. The second-order valence-corrected chi connectivity index (χ2v) is 11.3. The average Bonchev–Trinajstić information content (AvgIpc) is 3.49. The summed E-state index contributed by atoms with van der Waals surface area (Å²) in [7, 11) is 0. The summed E-state index contributed by atoms with van der Waals surface area (Å²) in [6, 6.07) is 6.96. The van der Waals surface area contributed by atoms with Gasteiger partial charge in [-0.05, 0) is 37.1 Å². The first kappa shape index (κ1) is 28.4. The van der Waals surface area contributed by atoms with Crippen molar-refractivity contribution in [3.05, 3.63) is 50.6 Å². The zero-order valence-corrected chi connectivity index (χ0v) is 23.5. The molecule has 0 unspecified atom stereocenters. The number of carbonyl (C=O) groups is 3. The molecule has 1 saturated carbocycles. The van der Waals surface area contributed by atoms with E-state index in [4.69, 9.17) is 11.6 Å². The number of aromatic nitrogens is 2. The zero-order chi connectivity index (χ0) is 25.9. The normalized spacial score (nSPS) is 19.3. The Bertz CT molecular complexity index is 1330. The molecule has 1 aliphatic carbocycles. The van der Waals surface area contributed by atoms with Gasteiger partial charge >= 0.3 is 0 Å². The lowest BCUT2D eigenvalue weighted by Crippen LogP contribution is -2.53. The lowest BCUT2D eigenvalue weighted by molar-refractivity contribution is -0.119. The Labute approximate surface area is 236 Å². The standard InChI is InChI=1S/C26H31ClN6O3S.ClH/c1-15(34)28-9-11-33-10-8-21-23(14-33)37-26(32-21)25(36)31-20-5-3-2-4-19(20)30-24(35)22-13-16-12-17(27)6-7-18(16)29-22;/h6-7,12-13,19-20,29H,2-5,8-11,14H2,1H3,(H,28,34)(H,30,35)(H,31,36);1H/t19-,20+;/m1./s1. The van der Waals surface area contributed by atoms with Gasteiger partial charge in [-0.25, -0.2) is 4.98 Å². The van der Waals surface area contributed by atoms with E-state index in [1.165, 1.54) is 18.3 Å². The first-order chi connectivity index (χ1) is 17.9. The lowest BCUT2D eigenvalue weighted by Gasteiger charge is -2.32. The molecule has 1 aromatic carbocycles. The van der Waals surface area contributed by atoms with Crippen LogP contribution >= 0.6 is 35.3 Å². The van der Waals surface area contributed by atoms with Gasteiger partial charge in [0.05, 0.1) is 5.69 Å². The van der Waals surface area contributed by atoms with E-state index >= 15 is 0 Å². The molecule has 0 radical (unpaired) electrons. The number of amides is 3. The van der Waals surface area contributed by atoms with Crippen molar-refractivity contribution in [3.8, 4) is 0 Å². The zero-order valence-electron chi connectivity index (χ0n) is 21.1. The van der Waals surface area contributed by atoms with Crippen LogP contribution in [0.2, 0.25) is 5.02 Å². The van der Waals surface area contributed by atoms with E-state index in [1.807, 2.05) is 12.1 Å². The van der Waals surface area contributed by atoms with E-state index in [2.05, 4.69) is 30.8 Å². The molecule has 2 aromatic heterocycles. The maximum absolute atomic E-state index is 13.2. The second-order valence-electron chi connectivity index (χ2n) is 9.76. The first-order valence-electron chi connectivity index (χ1n) is 12.7. The number of H-pyrrole nitrogens is 1. The molecule has 9 nitrogen and oxygen atoms in total. The number of rotatable bonds is 7. The van der Waals surface area contributed by atoms with Crippen LogP contribution in [0.1, 0.15) is 63.5 Å². The van der Waals surface area contributed by atoms with Crippen LogP contribution in [0.15, 0.2) is 24.3 Å². The summed E-state index contributed by atoms with van der Waals surface area (Å²) in [5.74, 6) is -0.406. The van der Waals surface area contributed by atoms with Crippen molar-refractivity contribution in [3.63, 3.8) is 0 Å². The largest absolute Gasteiger partial charge is 0.355 e. The van der Waals surface area contributed by atoms with Gasteiger partial charge in [-0.15, -0.1) is 23.7 Å². The third-order valence-electron chi connectivity index (χ3n) is 7.03. The number of aromatic amines is 1. The summed E-state index contributed by atoms with van der Waals surface area (Å²) in [6.45, 7) is 4.48. The van der Waals surface area contributed by atoms with Gasteiger partial charge in [0.2, 0.25) is 5.91 Å². The molecule has 3 aromatic rings. The molecule has 3 amide bonds. The number of benzene rings is 1. The number of nitrogens with one attached hydrogen (secondary N) is 4. The van der Waals surface area contributed by atoms with Crippen molar-refractivity contribution in [2.75, 3.05) is 19.6 Å². The number of hydrogen-bond acceptors (Lipinski definition) is 6. The SMILES string of the molecule is CC(=O)NCCN1CCc2nc(C(=O)N[C@H]3CCCC[C@H]3NC(=O)c3cc4cc(Cl)ccc4[nH]3)sc2C1.Cl. The van der Waals surface area contributed by atoms with Gasteiger partial charge in [0.25, 0.3) is 11.8 Å². The predicted molar refractivity (Wildman–Crippen MR) is 151 cm³/mol. The highest BCUT2D eigenvalue weighted by molar-refractivity contribution is 7.13. The third kappa shape index (κ3) is 6.66. The minimum Gasteiger partial charge on any atom is -0.355 e. The molecular weight excluding hydrogens is 547 g/mol. The molecule has 3 heterocycles. The van der Waals surface area contributed by atoms with Crippen molar-refractivity contribution < 1.29 is 14.4 Å². The molecule has 0 bridgehead atoms. The molecule has 5 rings (SSSR count). The number of hydrogen-bond donors (Lipinski definition) is 4. The van der Waals surface area contributed by atoms with Gasteiger partial charge in [0, 0.05) is 72.4 Å². The molecule has 1 aliphatic heterocycles. The van der Waals surface area contributed by atoms with Crippen LogP contribution < -0.4 is 16.0 Å². The third-order valence-corrected chi connectivity index (χ3v) is 8.35. The maximum atomic E-state index is 13.2. The second kappa shape index (κ2) is 12.5. The molecule has 0 spiro atoms. The minimum atomic E-state index is -0.192. The van der Waals surface area contributed by atoms with E-state index in [9.17, 15) is 14.4 Å². The fourth-order valence-corrected chi connectivity index (χ4v) is 6.34. The quantitative estimate of drug-likeness (QED) is 0.341. The molecule has 2 aliphatic rings. The van der Waals surface area contributed by atoms with Crippen LogP contribution in [0, 0.1) is 0 Å². The Morgan fingerprint density at radius 2 is 1.87 bits per heavy atom. The number of halogens is 2. The lowest BCUT2D eigenvalue weighted by atomic mass is 9.90. The van der Waals surface area contributed by atoms with Crippen LogP contribution in [0.3, 0.4) is 0 Å². The molecule has 4 N–H and O–H groups in total. The van der Waals surface area contributed by atoms with Crippen molar-refractivity contribution in [2.45, 2.75) is 57.7 Å². The van der Waals surface area contributed by atoms with Crippen LogP contribution in [0.4, 0.5) is 0 Å². The van der Waals surface area contributed by atoms with Crippen LogP contribution in [0.5, 0.6) is 0 Å². The van der Waals surface area contributed by atoms with E-state index in [1.54, 1.807) is 12.1 Å². The Morgan fingerprint density at radius 3 is 2.61 bits per heavy atom. The molecule has 204 valence electrons. The number of thiazole rings is 1. The van der Waals surface area contributed by atoms with Crippen molar-refractivity contribution >= 4 is 64.0 Å². The highest BCUT2D eigenvalue weighted by Gasteiger charge is 2.30. The molecule has 2 atom stereocenters. The topological polar surface area (TPSA) is 119 Å².